The van der Waals surface area contributed by atoms with Gasteiger partial charge in [-0.1, -0.05) is 48.5 Å². The quantitative estimate of drug-likeness (QED) is 0.801. The highest BCUT2D eigenvalue weighted by molar-refractivity contribution is 5.93. The number of hydrogen-bond donors (Lipinski definition) is 1. The van der Waals surface area contributed by atoms with E-state index < -0.39 is 11.7 Å². The minimum atomic E-state index is -0.768. The van der Waals surface area contributed by atoms with Crippen LogP contribution in [0.25, 0.3) is 11.3 Å². The molecule has 6 nitrogen and oxygen atoms in total. The average Bonchev–Trinajstić information content (AvgIpc) is 2.62. The zero-order chi connectivity index (χ0) is 16.9. The highest BCUT2D eigenvalue weighted by atomic mass is 16.2. The molecule has 0 bridgehead atoms. The van der Waals surface area contributed by atoms with Gasteiger partial charge >= 0.3 is 5.69 Å². The second-order valence-electron chi connectivity index (χ2n) is 5.27. The standard InChI is InChI=1S/C18H16N4O2/c1-13(17(23)20-15-10-6-3-7-11-15)22-18(24)21-16(12-19-22)14-8-4-2-5-9-14/h2-13H,1H3,(H,20,23). The fraction of sp³-hybridized carbons (Fsp3) is 0.111. The van der Waals surface area contributed by atoms with E-state index in [4.69, 9.17) is 0 Å². The Bertz CT molecular complexity index is 892. The van der Waals surface area contributed by atoms with Crippen LogP contribution >= 0.6 is 0 Å². The van der Waals surface area contributed by atoms with E-state index in [-0.39, 0.29) is 5.91 Å². The van der Waals surface area contributed by atoms with Gasteiger partial charge in [-0.15, -0.1) is 0 Å². The molecule has 0 saturated heterocycles. The summed E-state index contributed by atoms with van der Waals surface area (Å²) < 4.78 is 1.07. The van der Waals surface area contributed by atoms with Crippen molar-refractivity contribution in [3.05, 3.63) is 77.3 Å². The van der Waals surface area contributed by atoms with Gasteiger partial charge in [0.2, 0.25) is 5.91 Å². The largest absolute Gasteiger partial charge is 0.365 e. The molecule has 3 aromatic rings. The number of carbonyl (C=O) groups is 1. The third-order valence-electron chi connectivity index (χ3n) is 3.57. The van der Waals surface area contributed by atoms with Crippen LogP contribution in [0.15, 0.2) is 71.7 Å². The SMILES string of the molecule is CC(C(=O)Nc1ccccc1)n1ncc(-c2ccccc2)nc1=O. The van der Waals surface area contributed by atoms with Gasteiger partial charge in [0.25, 0.3) is 0 Å². The zero-order valence-electron chi connectivity index (χ0n) is 13.1. The first-order valence-corrected chi connectivity index (χ1v) is 7.52. The molecule has 0 aliphatic rings. The van der Waals surface area contributed by atoms with Gasteiger partial charge in [0.05, 0.1) is 11.9 Å². The van der Waals surface area contributed by atoms with Crippen LogP contribution in [-0.4, -0.2) is 20.7 Å². The second-order valence-corrected chi connectivity index (χ2v) is 5.27. The lowest BCUT2D eigenvalue weighted by Crippen LogP contribution is -2.34. The van der Waals surface area contributed by atoms with E-state index in [1.807, 2.05) is 48.5 Å². The summed E-state index contributed by atoms with van der Waals surface area (Å²) in [6.07, 6.45) is 1.49. The van der Waals surface area contributed by atoms with E-state index in [1.165, 1.54) is 6.20 Å². The first-order chi connectivity index (χ1) is 11.6. The number of nitrogens with one attached hydrogen (secondary N) is 1. The molecule has 0 aliphatic carbocycles. The van der Waals surface area contributed by atoms with Crippen molar-refractivity contribution >= 4 is 11.6 Å². The summed E-state index contributed by atoms with van der Waals surface area (Å²) >= 11 is 0. The molecule has 1 amide bonds. The van der Waals surface area contributed by atoms with E-state index in [2.05, 4.69) is 15.4 Å². The zero-order valence-corrected chi connectivity index (χ0v) is 13.1. The molecule has 0 spiro atoms. The Hall–Kier alpha value is -3.28. The third kappa shape index (κ3) is 3.38. The number of benzene rings is 2. The molecule has 1 heterocycles. The molecule has 2 aromatic carbocycles. The van der Waals surface area contributed by atoms with E-state index in [0.717, 1.165) is 10.2 Å². The number of carbonyl (C=O) groups excluding carboxylic acids is 1. The number of nitrogens with zero attached hydrogens (tertiary/aromatic N) is 3. The molecule has 120 valence electrons. The Morgan fingerprint density at radius 2 is 1.67 bits per heavy atom. The smallest absolute Gasteiger partial charge is 0.324 e. The number of para-hydroxylation sites is 1. The molecule has 24 heavy (non-hydrogen) atoms. The normalized spacial score (nSPS) is 11.7. The predicted molar refractivity (Wildman–Crippen MR) is 91.5 cm³/mol. The van der Waals surface area contributed by atoms with Crippen molar-refractivity contribution in [1.82, 2.24) is 14.8 Å². The first kappa shape index (κ1) is 15.6. The van der Waals surface area contributed by atoms with Gasteiger partial charge in [-0.25, -0.2) is 9.48 Å². The number of amides is 1. The van der Waals surface area contributed by atoms with Gasteiger partial charge in [-0.2, -0.15) is 10.1 Å². The Kier molecular flexibility index (Phi) is 4.47. The molecule has 0 saturated carbocycles. The fourth-order valence-electron chi connectivity index (χ4n) is 2.24. The van der Waals surface area contributed by atoms with Gasteiger partial charge in [0.1, 0.15) is 6.04 Å². The van der Waals surface area contributed by atoms with Gasteiger partial charge < -0.3 is 5.32 Å². The van der Waals surface area contributed by atoms with Crippen LogP contribution in [-0.2, 0) is 4.79 Å². The van der Waals surface area contributed by atoms with Gasteiger partial charge in [0, 0.05) is 11.3 Å². The fourth-order valence-corrected chi connectivity index (χ4v) is 2.24. The lowest BCUT2D eigenvalue weighted by atomic mass is 10.2. The maximum atomic E-state index is 12.3. The summed E-state index contributed by atoms with van der Waals surface area (Å²) in [6, 6.07) is 17.6. The van der Waals surface area contributed by atoms with E-state index in [1.54, 1.807) is 19.1 Å². The van der Waals surface area contributed by atoms with Crippen LogP contribution in [0.1, 0.15) is 13.0 Å². The summed E-state index contributed by atoms with van der Waals surface area (Å²) in [6.45, 7) is 1.61. The molecule has 1 N–H and O–H groups in total. The molecule has 1 unspecified atom stereocenters. The molecule has 1 atom stereocenters. The average molecular weight is 320 g/mol. The van der Waals surface area contributed by atoms with E-state index >= 15 is 0 Å². The van der Waals surface area contributed by atoms with E-state index in [0.29, 0.717) is 11.4 Å². The number of aromatic nitrogens is 3. The van der Waals surface area contributed by atoms with Crippen molar-refractivity contribution in [1.29, 1.82) is 0 Å². The summed E-state index contributed by atoms with van der Waals surface area (Å²) in [7, 11) is 0. The Labute approximate surface area is 138 Å². The molecule has 0 radical (unpaired) electrons. The number of hydrogen-bond acceptors (Lipinski definition) is 4. The monoisotopic (exact) mass is 320 g/mol. The molecule has 3 rings (SSSR count). The summed E-state index contributed by atoms with van der Waals surface area (Å²) in [5, 5.41) is 6.85. The van der Waals surface area contributed by atoms with Crippen molar-refractivity contribution in [2.24, 2.45) is 0 Å². The lowest BCUT2D eigenvalue weighted by Gasteiger charge is -2.13. The third-order valence-corrected chi connectivity index (χ3v) is 3.57. The molecule has 0 fully saturated rings. The van der Waals surface area contributed by atoms with Crippen molar-refractivity contribution in [2.45, 2.75) is 13.0 Å². The minimum Gasteiger partial charge on any atom is -0.324 e. The highest BCUT2D eigenvalue weighted by Crippen LogP contribution is 2.14. The molecule has 1 aromatic heterocycles. The van der Waals surface area contributed by atoms with Gasteiger partial charge in [-0.05, 0) is 19.1 Å². The maximum absolute atomic E-state index is 12.3. The van der Waals surface area contributed by atoms with Gasteiger partial charge in [0.15, 0.2) is 0 Å². The minimum absolute atomic E-state index is 0.329. The van der Waals surface area contributed by atoms with Crippen LogP contribution in [0.2, 0.25) is 0 Å². The molecular weight excluding hydrogens is 304 g/mol. The molecule has 6 heteroatoms. The number of anilines is 1. The van der Waals surface area contributed by atoms with Crippen LogP contribution in [0, 0.1) is 0 Å². The van der Waals surface area contributed by atoms with Crippen LogP contribution in [0.5, 0.6) is 0 Å². The second kappa shape index (κ2) is 6.87. The Balaban J connectivity index is 1.81. The van der Waals surface area contributed by atoms with Crippen LogP contribution in [0.3, 0.4) is 0 Å². The molecular formula is C18H16N4O2. The first-order valence-electron chi connectivity index (χ1n) is 7.52. The highest BCUT2D eigenvalue weighted by Gasteiger charge is 2.18. The Morgan fingerprint density at radius 1 is 1.04 bits per heavy atom. The number of rotatable bonds is 4. The van der Waals surface area contributed by atoms with Crippen molar-refractivity contribution in [2.75, 3.05) is 5.32 Å². The molecule has 0 aliphatic heterocycles. The van der Waals surface area contributed by atoms with Crippen molar-refractivity contribution in [3.63, 3.8) is 0 Å². The predicted octanol–water partition coefficient (Wildman–Crippen LogP) is 2.51. The summed E-state index contributed by atoms with van der Waals surface area (Å²) in [4.78, 5) is 28.5. The van der Waals surface area contributed by atoms with Crippen LogP contribution in [0.4, 0.5) is 5.69 Å². The summed E-state index contributed by atoms with van der Waals surface area (Å²) in [5.41, 5.74) is 1.38. The summed E-state index contributed by atoms with van der Waals surface area (Å²) in [5.74, 6) is -0.329. The lowest BCUT2D eigenvalue weighted by molar-refractivity contribution is -0.119. The van der Waals surface area contributed by atoms with Crippen molar-refractivity contribution < 1.29 is 4.79 Å². The topological polar surface area (TPSA) is 76.9 Å². The van der Waals surface area contributed by atoms with E-state index in [9.17, 15) is 9.59 Å². The van der Waals surface area contributed by atoms with Gasteiger partial charge in [-0.3, -0.25) is 4.79 Å². The van der Waals surface area contributed by atoms with Crippen molar-refractivity contribution in [3.8, 4) is 11.3 Å². The van der Waals surface area contributed by atoms with Crippen LogP contribution < -0.4 is 11.0 Å². The Morgan fingerprint density at radius 3 is 2.29 bits per heavy atom. The maximum Gasteiger partial charge on any atom is 0.365 e.